The molecule has 72 valence electrons. The molecule has 0 saturated carbocycles. The molecule has 0 aliphatic carbocycles. The average molecular weight is 188 g/mol. The molecule has 0 radical (unpaired) electrons. The van der Waals surface area contributed by atoms with Crippen molar-refractivity contribution >= 4 is 0 Å². The number of nitriles is 1. The number of nitrogens with zero attached hydrogens (tertiary/aromatic N) is 2. The average Bonchev–Trinajstić information content (AvgIpc) is 2.30. The topological polar surface area (TPSA) is 60.7 Å². The number of hydrogen-bond acceptors (Lipinski definition) is 4. The molecule has 2 heterocycles. The number of nitrogens with one attached hydrogen (secondary N) is 2. The van der Waals surface area contributed by atoms with E-state index in [1.807, 2.05) is 12.3 Å². The highest BCUT2D eigenvalue weighted by atomic mass is 15.1. The summed E-state index contributed by atoms with van der Waals surface area (Å²) in [5, 5.41) is 15.4. The second-order valence-electron chi connectivity index (χ2n) is 3.33. The number of hydrogen-bond donors (Lipinski definition) is 2. The first-order valence-corrected chi connectivity index (χ1v) is 4.69. The number of piperazine rings is 1. The zero-order chi connectivity index (χ0) is 9.80. The van der Waals surface area contributed by atoms with Crippen molar-refractivity contribution in [3.05, 3.63) is 29.6 Å². The van der Waals surface area contributed by atoms with E-state index in [4.69, 9.17) is 5.26 Å². The SMILES string of the molecule is N#Cc1cncc([C@@H]2CNCCN2)c1. The molecule has 0 bridgehead atoms. The lowest BCUT2D eigenvalue weighted by Gasteiger charge is -2.24. The predicted molar refractivity (Wildman–Crippen MR) is 52.6 cm³/mol. The summed E-state index contributed by atoms with van der Waals surface area (Å²) in [6.45, 7) is 2.86. The smallest absolute Gasteiger partial charge is 0.101 e. The van der Waals surface area contributed by atoms with Crippen molar-refractivity contribution < 1.29 is 0 Å². The Hall–Kier alpha value is -1.44. The van der Waals surface area contributed by atoms with Crippen LogP contribution in [0.15, 0.2) is 18.5 Å². The summed E-state index contributed by atoms with van der Waals surface area (Å²) < 4.78 is 0. The maximum atomic E-state index is 8.73. The standard InChI is InChI=1S/C10H12N4/c11-4-8-3-9(6-13-5-8)10-7-12-1-2-14-10/h3,5-6,10,12,14H,1-2,7H2/t10-/m0/s1. The molecule has 2 N–H and O–H groups in total. The lowest BCUT2D eigenvalue weighted by atomic mass is 10.1. The minimum absolute atomic E-state index is 0.282. The summed E-state index contributed by atoms with van der Waals surface area (Å²) in [7, 11) is 0. The molecule has 0 aromatic carbocycles. The largest absolute Gasteiger partial charge is 0.314 e. The third-order valence-electron chi connectivity index (χ3n) is 2.33. The van der Waals surface area contributed by atoms with Crippen molar-refractivity contribution in [3.8, 4) is 6.07 Å². The lowest BCUT2D eigenvalue weighted by molar-refractivity contribution is 0.429. The van der Waals surface area contributed by atoms with E-state index >= 15 is 0 Å². The van der Waals surface area contributed by atoms with Crippen molar-refractivity contribution in [1.29, 1.82) is 5.26 Å². The molecule has 1 aliphatic heterocycles. The summed E-state index contributed by atoms with van der Waals surface area (Å²) in [5.41, 5.74) is 1.70. The highest BCUT2D eigenvalue weighted by molar-refractivity contribution is 5.30. The van der Waals surface area contributed by atoms with E-state index in [-0.39, 0.29) is 6.04 Å². The van der Waals surface area contributed by atoms with Crippen LogP contribution in [0.25, 0.3) is 0 Å². The van der Waals surface area contributed by atoms with Crippen molar-refractivity contribution in [2.75, 3.05) is 19.6 Å². The Morgan fingerprint density at radius 2 is 2.36 bits per heavy atom. The van der Waals surface area contributed by atoms with Crippen LogP contribution in [0.4, 0.5) is 0 Å². The zero-order valence-corrected chi connectivity index (χ0v) is 7.83. The van der Waals surface area contributed by atoms with Gasteiger partial charge in [0.1, 0.15) is 6.07 Å². The summed E-state index contributed by atoms with van der Waals surface area (Å²) in [6.07, 6.45) is 3.39. The van der Waals surface area contributed by atoms with E-state index in [1.165, 1.54) is 0 Å². The molecule has 14 heavy (non-hydrogen) atoms. The van der Waals surface area contributed by atoms with Crippen LogP contribution >= 0.6 is 0 Å². The quantitative estimate of drug-likeness (QED) is 0.660. The maximum absolute atomic E-state index is 8.73. The summed E-state index contributed by atoms with van der Waals surface area (Å²) in [4.78, 5) is 4.04. The lowest BCUT2D eigenvalue weighted by Crippen LogP contribution is -2.42. The monoisotopic (exact) mass is 188 g/mol. The molecule has 1 atom stereocenters. The molecule has 2 rings (SSSR count). The third-order valence-corrected chi connectivity index (χ3v) is 2.33. The molecule has 4 heteroatoms. The van der Waals surface area contributed by atoms with Gasteiger partial charge in [-0.1, -0.05) is 0 Å². The first-order valence-electron chi connectivity index (χ1n) is 4.69. The van der Waals surface area contributed by atoms with E-state index in [0.717, 1.165) is 25.2 Å². The molecule has 1 aromatic rings. The summed E-state index contributed by atoms with van der Waals surface area (Å²) >= 11 is 0. The van der Waals surface area contributed by atoms with Crippen LogP contribution in [0.3, 0.4) is 0 Å². The molecule has 1 saturated heterocycles. The van der Waals surface area contributed by atoms with Crippen LogP contribution in [-0.2, 0) is 0 Å². The van der Waals surface area contributed by atoms with Crippen LogP contribution < -0.4 is 10.6 Å². The number of aromatic nitrogens is 1. The van der Waals surface area contributed by atoms with Gasteiger partial charge < -0.3 is 10.6 Å². The fraction of sp³-hybridized carbons (Fsp3) is 0.400. The normalized spacial score (nSPS) is 21.5. The van der Waals surface area contributed by atoms with E-state index in [9.17, 15) is 0 Å². The molecule has 4 nitrogen and oxygen atoms in total. The van der Waals surface area contributed by atoms with E-state index in [1.54, 1.807) is 6.20 Å². The number of pyridine rings is 1. The first-order chi connectivity index (χ1) is 6.90. The fourth-order valence-corrected chi connectivity index (χ4v) is 1.60. The molecule has 1 aliphatic rings. The van der Waals surface area contributed by atoms with Gasteiger partial charge in [-0.2, -0.15) is 5.26 Å². The Bertz CT molecular complexity index is 349. The Balaban J connectivity index is 2.18. The van der Waals surface area contributed by atoms with Crippen LogP contribution in [0.1, 0.15) is 17.2 Å². The van der Waals surface area contributed by atoms with Gasteiger partial charge in [-0.05, 0) is 11.6 Å². The van der Waals surface area contributed by atoms with Crippen LogP contribution in [0.5, 0.6) is 0 Å². The second kappa shape index (κ2) is 4.18. The van der Waals surface area contributed by atoms with E-state index in [2.05, 4.69) is 21.7 Å². The highest BCUT2D eigenvalue weighted by Gasteiger charge is 2.14. The first kappa shape index (κ1) is 9.13. The van der Waals surface area contributed by atoms with Gasteiger partial charge in [0.05, 0.1) is 5.56 Å². The van der Waals surface area contributed by atoms with E-state index < -0.39 is 0 Å². The second-order valence-corrected chi connectivity index (χ2v) is 3.33. The molecule has 0 spiro atoms. The van der Waals surface area contributed by atoms with Crippen molar-refractivity contribution in [3.63, 3.8) is 0 Å². The van der Waals surface area contributed by atoms with E-state index in [0.29, 0.717) is 5.56 Å². The van der Waals surface area contributed by atoms with Gasteiger partial charge in [0.25, 0.3) is 0 Å². The maximum Gasteiger partial charge on any atom is 0.101 e. The van der Waals surface area contributed by atoms with Gasteiger partial charge in [0, 0.05) is 38.1 Å². The Morgan fingerprint density at radius 3 is 3.07 bits per heavy atom. The zero-order valence-electron chi connectivity index (χ0n) is 7.83. The van der Waals surface area contributed by atoms with Gasteiger partial charge in [-0.3, -0.25) is 4.98 Å². The van der Waals surface area contributed by atoms with Crippen LogP contribution in [0.2, 0.25) is 0 Å². The highest BCUT2D eigenvalue weighted by Crippen LogP contribution is 2.13. The minimum Gasteiger partial charge on any atom is -0.314 e. The van der Waals surface area contributed by atoms with Crippen LogP contribution in [-0.4, -0.2) is 24.6 Å². The number of rotatable bonds is 1. The fourth-order valence-electron chi connectivity index (χ4n) is 1.60. The molecule has 0 unspecified atom stereocenters. The Kier molecular flexibility index (Phi) is 2.73. The molecular weight excluding hydrogens is 176 g/mol. The van der Waals surface area contributed by atoms with Crippen molar-refractivity contribution in [1.82, 2.24) is 15.6 Å². The van der Waals surface area contributed by atoms with Crippen molar-refractivity contribution in [2.24, 2.45) is 0 Å². The van der Waals surface area contributed by atoms with Crippen LogP contribution in [0, 0.1) is 11.3 Å². The molecule has 0 amide bonds. The third kappa shape index (κ3) is 1.90. The van der Waals surface area contributed by atoms with Gasteiger partial charge in [0.15, 0.2) is 0 Å². The molecule has 1 fully saturated rings. The van der Waals surface area contributed by atoms with Gasteiger partial charge >= 0.3 is 0 Å². The predicted octanol–water partition coefficient (Wildman–Crippen LogP) is 0.187. The molecule has 1 aromatic heterocycles. The van der Waals surface area contributed by atoms with Gasteiger partial charge in [-0.25, -0.2) is 0 Å². The van der Waals surface area contributed by atoms with Gasteiger partial charge in [-0.15, -0.1) is 0 Å². The minimum atomic E-state index is 0.282. The van der Waals surface area contributed by atoms with Gasteiger partial charge in [0.2, 0.25) is 0 Å². The molecular formula is C10H12N4. The summed E-state index contributed by atoms with van der Waals surface area (Å²) in [5.74, 6) is 0. The Morgan fingerprint density at radius 1 is 1.43 bits per heavy atom. The summed E-state index contributed by atoms with van der Waals surface area (Å²) in [6, 6.07) is 4.26. The van der Waals surface area contributed by atoms with Crippen molar-refractivity contribution in [2.45, 2.75) is 6.04 Å². The Labute approximate surface area is 83.0 Å².